The largest absolute Gasteiger partial charge is 3.00 e. The van der Waals surface area contributed by atoms with Gasteiger partial charge in [0.15, 0.2) is 0 Å². The molecule has 0 unspecified atom stereocenters. The Bertz CT molecular complexity index is 58.9. The fourth-order valence-corrected chi connectivity index (χ4v) is 0. The maximum absolute atomic E-state index is 6.75. The van der Waals surface area contributed by atoms with Gasteiger partial charge in [0.05, 0.1) is 0 Å². The van der Waals surface area contributed by atoms with Gasteiger partial charge in [-0.1, -0.05) is 0 Å². The van der Waals surface area contributed by atoms with E-state index in [0.717, 1.165) is 0 Å². The monoisotopic (exact) mass is 211 g/mol. The van der Waals surface area contributed by atoms with E-state index in [1.54, 1.807) is 0 Å². The molecular formula is H12CoN10+. The van der Waals surface area contributed by atoms with Crippen LogP contribution in [-0.2, 0) is 16.8 Å². The first kappa shape index (κ1) is 91.1. The number of hydrogen-bond donors (Lipinski definition) is 4. The zero-order chi connectivity index (χ0) is 5.41. The van der Waals surface area contributed by atoms with Gasteiger partial charge in [0.1, 0.15) is 0 Å². The van der Waals surface area contributed by atoms with Gasteiger partial charge in [-0.25, -0.2) is 0 Å². The molecule has 0 spiro atoms. The molecule has 11 heavy (non-hydrogen) atoms. The third-order valence-electron chi connectivity index (χ3n) is 0. The molecule has 0 aliphatic carbocycles. The topological polar surface area (TPSA) is 257 Å². The van der Waals surface area contributed by atoms with Crippen LogP contribution in [0, 0.1) is 0 Å². The van der Waals surface area contributed by atoms with Crippen LogP contribution in [0.3, 0.4) is 0 Å². The van der Waals surface area contributed by atoms with Gasteiger partial charge in [-0.2, -0.15) is 0 Å². The Labute approximate surface area is 74.1 Å². The summed E-state index contributed by atoms with van der Waals surface area (Å²) in [6.07, 6.45) is 0. The van der Waals surface area contributed by atoms with Gasteiger partial charge in [-0.3, -0.25) is 9.82 Å². The van der Waals surface area contributed by atoms with Crippen molar-refractivity contribution in [3.05, 3.63) is 31.9 Å². The summed E-state index contributed by atoms with van der Waals surface area (Å²) >= 11 is 0. The van der Waals surface area contributed by atoms with Crippen molar-refractivity contribution in [2.45, 2.75) is 0 Å². The Morgan fingerprint density at radius 3 is 0.545 bits per heavy atom. The van der Waals surface area contributed by atoms with E-state index in [9.17, 15) is 0 Å². The molecule has 0 rings (SSSR count). The van der Waals surface area contributed by atoms with Crippen LogP contribution in [0.5, 0.6) is 0 Å². The number of hydrogen-bond acceptors (Lipinski definition) is 4. The minimum Gasteiger partial charge on any atom is -0.373 e. The molecule has 11 heteroatoms. The van der Waals surface area contributed by atoms with Gasteiger partial charge in [0.2, 0.25) is 0 Å². The van der Waals surface area contributed by atoms with E-state index in [1.165, 1.54) is 9.82 Å². The standard InChI is InChI=1S/Co.2N3.4H3N/c;2*1-3-2;;;;/h;;;4*1H3/q+3;2*-1;;;;. The van der Waals surface area contributed by atoms with E-state index in [2.05, 4.69) is 0 Å². The molecule has 0 bridgehead atoms. The van der Waals surface area contributed by atoms with Crippen molar-refractivity contribution < 1.29 is 16.8 Å². The molecule has 0 amide bonds. The molecule has 0 saturated heterocycles. The van der Waals surface area contributed by atoms with E-state index >= 15 is 0 Å². The molecule has 0 aromatic rings. The fraction of sp³-hybridized carbons (Fsp3) is 0. The second-order valence-corrected chi connectivity index (χ2v) is 0.179. The first-order chi connectivity index (χ1) is 2.83. The van der Waals surface area contributed by atoms with E-state index in [1.807, 2.05) is 0 Å². The first-order valence-corrected chi connectivity index (χ1v) is 0.800. The molecule has 0 aromatic carbocycles. The summed E-state index contributed by atoms with van der Waals surface area (Å²) in [5.41, 5.74) is 27.0. The molecule has 0 fully saturated rings. The van der Waals surface area contributed by atoms with E-state index in [4.69, 9.17) is 22.1 Å². The van der Waals surface area contributed by atoms with Gasteiger partial charge in [-0.15, -0.1) is 0 Å². The summed E-state index contributed by atoms with van der Waals surface area (Å²) in [6, 6.07) is 0. The average Bonchev–Trinajstić information content (AvgIpc) is 1.39. The second-order valence-electron chi connectivity index (χ2n) is 0.179. The molecule has 0 atom stereocenters. The third kappa shape index (κ3) is 407. The molecule has 0 aromatic heterocycles. The van der Waals surface area contributed by atoms with Crippen LogP contribution < -0.4 is 24.6 Å². The van der Waals surface area contributed by atoms with Gasteiger partial charge in [-0.05, 0) is 0 Å². The Morgan fingerprint density at radius 2 is 0.545 bits per heavy atom. The zero-order valence-corrected chi connectivity index (χ0v) is 6.89. The van der Waals surface area contributed by atoms with Crippen LogP contribution in [0.2, 0.25) is 0 Å². The second kappa shape index (κ2) is 609. The van der Waals surface area contributed by atoms with Crippen molar-refractivity contribution in [1.82, 2.24) is 24.6 Å². The minimum atomic E-state index is 0. The molecule has 0 heterocycles. The predicted molar refractivity (Wildman–Crippen MR) is 40.2 cm³/mol. The molecule has 0 radical (unpaired) electrons. The van der Waals surface area contributed by atoms with Crippen molar-refractivity contribution >= 4 is 0 Å². The summed E-state index contributed by atoms with van der Waals surface area (Å²) in [5, 5.41) is 0. The van der Waals surface area contributed by atoms with Crippen LogP contribution >= 0.6 is 0 Å². The van der Waals surface area contributed by atoms with Crippen LogP contribution in [0.4, 0.5) is 0 Å². The SMILES string of the molecule is N.N.N.N.[Co+3].[N-]=[N+]=[N-].[N-]=[N+]=[N-]. The first-order valence-electron chi connectivity index (χ1n) is 0.800. The molecule has 0 aliphatic heterocycles. The minimum absolute atomic E-state index is 0. The van der Waals surface area contributed by atoms with Crippen LogP contribution in [-0.4, -0.2) is 0 Å². The van der Waals surface area contributed by atoms with Crippen molar-refractivity contribution in [2.75, 3.05) is 0 Å². The van der Waals surface area contributed by atoms with Gasteiger partial charge >= 0.3 is 16.8 Å². The molecule has 0 saturated carbocycles. The fourth-order valence-electron chi connectivity index (χ4n) is 0. The van der Waals surface area contributed by atoms with Gasteiger partial charge in [0, 0.05) is 0 Å². The van der Waals surface area contributed by atoms with Crippen molar-refractivity contribution in [3.63, 3.8) is 0 Å². The van der Waals surface area contributed by atoms with Crippen molar-refractivity contribution in [1.29, 1.82) is 0 Å². The van der Waals surface area contributed by atoms with Crippen molar-refractivity contribution in [2.24, 2.45) is 0 Å². The number of rotatable bonds is 0. The third-order valence-corrected chi connectivity index (χ3v) is 0. The molecular weight excluding hydrogens is 199 g/mol. The van der Waals surface area contributed by atoms with Crippen LogP contribution in [0.1, 0.15) is 0 Å². The molecule has 12 N–H and O–H groups in total. The predicted octanol–water partition coefficient (Wildman–Crippen LogP) is 2.38. The van der Waals surface area contributed by atoms with E-state index in [-0.39, 0.29) is 41.4 Å². The van der Waals surface area contributed by atoms with Gasteiger partial charge < -0.3 is 46.7 Å². The van der Waals surface area contributed by atoms with E-state index < -0.39 is 0 Å². The van der Waals surface area contributed by atoms with Gasteiger partial charge in [0.25, 0.3) is 0 Å². The normalized spacial score (nSPS) is 1.45. The summed E-state index contributed by atoms with van der Waals surface area (Å²) in [7, 11) is 0. The van der Waals surface area contributed by atoms with Crippen LogP contribution in [0.15, 0.2) is 0 Å². The Kier molecular flexibility index (Phi) is 5040. The summed E-state index contributed by atoms with van der Waals surface area (Å²) in [5.74, 6) is 0. The van der Waals surface area contributed by atoms with Crippen LogP contribution in [0.25, 0.3) is 31.9 Å². The molecule has 0 aliphatic rings. The summed E-state index contributed by atoms with van der Waals surface area (Å²) in [4.78, 5) is 3.00. The Hall–Kier alpha value is -1.03. The van der Waals surface area contributed by atoms with E-state index in [0.29, 0.717) is 0 Å². The number of nitrogens with zero attached hydrogens (tertiary/aromatic N) is 6. The Morgan fingerprint density at radius 1 is 0.545 bits per heavy atom. The quantitative estimate of drug-likeness (QED) is 0.266. The zero-order valence-electron chi connectivity index (χ0n) is 5.85. The summed E-state index contributed by atoms with van der Waals surface area (Å²) < 4.78 is 0. The molecule has 70 valence electrons. The molecule has 10 nitrogen and oxygen atoms in total. The maximum atomic E-state index is 6.75. The Balaban J connectivity index is -0.00000000400. The van der Waals surface area contributed by atoms with Crippen molar-refractivity contribution in [3.8, 4) is 0 Å². The summed E-state index contributed by atoms with van der Waals surface area (Å²) in [6.45, 7) is 0. The average molecular weight is 211 g/mol. The smallest absolute Gasteiger partial charge is 0.373 e. The maximum Gasteiger partial charge on any atom is 3.00 e.